The van der Waals surface area contributed by atoms with Crippen molar-refractivity contribution in [3.05, 3.63) is 18.0 Å². The summed E-state index contributed by atoms with van der Waals surface area (Å²) < 4.78 is 1.46. The minimum absolute atomic E-state index is 0.0647. The van der Waals surface area contributed by atoms with Crippen molar-refractivity contribution in [1.82, 2.24) is 14.7 Å². The topological polar surface area (TPSA) is 55.2 Å². The first-order chi connectivity index (χ1) is 10.1. The molecule has 0 N–H and O–H groups in total. The maximum Gasteiger partial charge on any atom is 0.239 e. The Morgan fingerprint density at radius 3 is 2.81 bits per heavy atom. The van der Waals surface area contributed by atoms with Gasteiger partial charge in [-0.25, -0.2) is 0 Å². The van der Waals surface area contributed by atoms with E-state index < -0.39 is 0 Å². The van der Waals surface area contributed by atoms with Gasteiger partial charge < -0.3 is 4.90 Å². The number of thioether (sulfide) groups is 1. The van der Waals surface area contributed by atoms with E-state index in [1.54, 1.807) is 35.9 Å². The minimum Gasteiger partial charge on any atom is -0.338 e. The third kappa shape index (κ3) is 2.73. The highest BCUT2D eigenvalue weighted by atomic mass is 32.2. The molecule has 1 saturated heterocycles. The summed E-state index contributed by atoms with van der Waals surface area (Å²) in [7, 11) is 1.80. The van der Waals surface area contributed by atoms with Gasteiger partial charge in [-0.3, -0.25) is 14.3 Å². The second-order valence-corrected chi connectivity index (χ2v) is 7.21. The van der Waals surface area contributed by atoms with Gasteiger partial charge in [-0.2, -0.15) is 5.10 Å². The SMILES string of the molecule is CSC1(C(=O)N2CCC[C@H]2CC(=O)c2cnn(C)c2)CC1. The Morgan fingerprint density at radius 2 is 2.24 bits per heavy atom. The molecule has 1 aliphatic heterocycles. The summed E-state index contributed by atoms with van der Waals surface area (Å²) >= 11 is 1.66. The number of hydrogen-bond acceptors (Lipinski definition) is 4. The fraction of sp³-hybridized carbons (Fsp3) is 0.667. The van der Waals surface area contributed by atoms with Crippen molar-refractivity contribution in [2.75, 3.05) is 12.8 Å². The second kappa shape index (κ2) is 5.48. The van der Waals surface area contributed by atoms with Crippen molar-refractivity contribution in [1.29, 1.82) is 0 Å². The van der Waals surface area contributed by atoms with Crippen LogP contribution < -0.4 is 0 Å². The average molecular weight is 307 g/mol. The van der Waals surface area contributed by atoms with E-state index in [0.29, 0.717) is 12.0 Å². The molecule has 1 aromatic rings. The van der Waals surface area contributed by atoms with Crippen LogP contribution in [0, 0.1) is 0 Å². The molecule has 6 heteroatoms. The highest BCUT2D eigenvalue weighted by Gasteiger charge is 2.52. The van der Waals surface area contributed by atoms with E-state index in [0.717, 1.165) is 32.2 Å². The van der Waals surface area contributed by atoms with Crippen molar-refractivity contribution < 1.29 is 9.59 Å². The van der Waals surface area contributed by atoms with Crippen LogP contribution >= 0.6 is 11.8 Å². The fourth-order valence-electron chi connectivity index (χ4n) is 3.09. The zero-order valence-electron chi connectivity index (χ0n) is 12.5. The van der Waals surface area contributed by atoms with Gasteiger partial charge in [0.25, 0.3) is 0 Å². The van der Waals surface area contributed by atoms with E-state index >= 15 is 0 Å². The maximum absolute atomic E-state index is 12.7. The van der Waals surface area contributed by atoms with Gasteiger partial charge in [-0.05, 0) is 31.9 Å². The molecule has 1 aromatic heterocycles. The van der Waals surface area contributed by atoms with Crippen molar-refractivity contribution in [2.24, 2.45) is 7.05 Å². The number of aryl methyl sites for hydroxylation is 1. The predicted molar refractivity (Wildman–Crippen MR) is 82.4 cm³/mol. The molecule has 21 heavy (non-hydrogen) atoms. The molecule has 1 amide bonds. The molecule has 5 nitrogen and oxygen atoms in total. The summed E-state index contributed by atoms with van der Waals surface area (Å²) in [5.41, 5.74) is 0.641. The lowest BCUT2D eigenvalue weighted by Crippen LogP contribution is -2.42. The molecule has 1 atom stereocenters. The normalized spacial score (nSPS) is 23.3. The van der Waals surface area contributed by atoms with Crippen LogP contribution in [0.4, 0.5) is 0 Å². The van der Waals surface area contributed by atoms with Crippen LogP contribution in [0.25, 0.3) is 0 Å². The Hall–Kier alpha value is -1.30. The van der Waals surface area contributed by atoms with Crippen LogP contribution in [-0.2, 0) is 11.8 Å². The van der Waals surface area contributed by atoms with Gasteiger partial charge in [-0.15, -0.1) is 11.8 Å². The van der Waals surface area contributed by atoms with E-state index in [9.17, 15) is 9.59 Å². The summed E-state index contributed by atoms with van der Waals surface area (Å²) in [5, 5.41) is 4.04. The third-order valence-electron chi connectivity index (χ3n) is 4.57. The highest BCUT2D eigenvalue weighted by molar-refractivity contribution is 8.01. The van der Waals surface area contributed by atoms with Crippen LogP contribution in [0.3, 0.4) is 0 Å². The summed E-state index contributed by atoms with van der Waals surface area (Å²) in [6, 6.07) is 0.0647. The fourth-order valence-corrected chi connectivity index (χ4v) is 3.90. The zero-order valence-corrected chi connectivity index (χ0v) is 13.4. The second-order valence-electron chi connectivity index (χ2n) is 6.02. The van der Waals surface area contributed by atoms with Gasteiger partial charge in [0.15, 0.2) is 5.78 Å². The molecule has 1 aliphatic carbocycles. The third-order valence-corrected chi connectivity index (χ3v) is 5.93. The Morgan fingerprint density at radius 1 is 1.48 bits per heavy atom. The molecular weight excluding hydrogens is 286 g/mol. The van der Waals surface area contributed by atoms with Crippen molar-refractivity contribution in [3.63, 3.8) is 0 Å². The van der Waals surface area contributed by atoms with Gasteiger partial charge in [0, 0.05) is 32.3 Å². The van der Waals surface area contributed by atoms with E-state index in [-0.39, 0.29) is 22.5 Å². The highest BCUT2D eigenvalue weighted by Crippen LogP contribution is 2.49. The van der Waals surface area contributed by atoms with E-state index in [4.69, 9.17) is 0 Å². The van der Waals surface area contributed by atoms with Gasteiger partial charge in [0.05, 0.1) is 16.5 Å². The largest absolute Gasteiger partial charge is 0.338 e. The molecule has 0 unspecified atom stereocenters. The molecule has 2 heterocycles. The lowest BCUT2D eigenvalue weighted by Gasteiger charge is -2.27. The lowest BCUT2D eigenvalue weighted by molar-refractivity contribution is -0.132. The molecule has 2 fully saturated rings. The summed E-state index contributed by atoms with van der Waals surface area (Å²) in [6.45, 7) is 0.798. The number of likely N-dealkylation sites (tertiary alicyclic amines) is 1. The van der Waals surface area contributed by atoms with Crippen LogP contribution in [-0.4, -0.2) is 50.0 Å². The smallest absolute Gasteiger partial charge is 0.239 e. The van der Waals surface area contributed by atoms with Crippen LogP contribution in [0.2, 0.25) is 0 Å². The maximum atomic E-state index is 12.7. The lowest BCUT2D eigenvalue weighted by atomic mass is 10.0. The number of rotatable bonds is 5. The number of ketones is 1. The molecule has 0 aromatic carbocycles. The number of carbonyl (C=O) groups is 2. The van der Waals surface area contributed by atoms with Crippen LogP contribution in [0.15, 0.2) is 12.4 Å². The average Bonchev–Trinajstić information content (AvgIpc) is 2.94. The van der Waals surface area contributed by atoms with Gasteiger partial charge in [0.2, 0.25) is 5.91 Å². The molecule has 114 valence electrons. The first-order valence-corrected chi connectivity index (χ1v) is 8.66. The summed E-state index contributed by atoms with van der Waals surface area (Å²) in [5.74, 6) is 0.332. The van der Waals surface area contributed by atoms with Crippen molar-refractivity contribution in [3.8, 4) is 0 Å². The number of Topliss-reactive ketones (excluding diaryl/α,β-unsaturated/α-hetero) is 1. The Bertz CT molecular complexity index is 565. The molecule has 1 saturated carbocycles. The number of aromatic nitrogens is 2. The first kappa shape index (κ1) is 14.6. The first-order valence-electron chi connectivity index (χ1n) is 7.44. The molecule has 3 rings (SSSR count). The molecular formula is C15H21N3O2S. The monoisotopic (exact) mass is 307 g/mol. The van der Waals surface area contributed by atoms with Crippen molar-refractivity contribution >= 4 is 23.5 Å². The van der Waals surface area contributed by atoms with E-state index in [2.05, 4.69) is 5.10 Å². The number of nitrogens with zero attached hydrogens (tertiary/aromatic N) is 3. The van der Waals surface area contributed by atoms with Crippen LogP contribution in [0.1, 0.15) is 42.5 Å². The number of carbonyl (C=O) groups excluding carboxylic acids is 2. The Labute approximate surface area is 129 Å². The van der Waals surface area contributed by atoms with Crippen LogP contribution in [0.5, 0.6) is 0 Å². The Kier molecular flexibility index (Phi) is 3.82. The van der Waals surface area contributed by atoms with E-state index in [1.165, 1.54) is 0 Å². The number of hydrogen-bond donors (Lipinski definition) is 0. The Balaban J connectivity index is 1.67. The van der Waals surface area contributed by atoms with Gasteiger partial charge >= 0.3 is 0 Å². The van der Waals surface area contributed by atoms with Gasteiger partial charge in [0.1, 0.15) is 0 Å². The molecule has 0 radical (unpaired) electrons. The summed E-state index contributed by atoms with van der Waals surface area (Å²) in [4.78, 5) is 26.9. The van der Waals surface area contributed by atoms with E-state index in [1.807, 2.05) is 11.2 Å². The predicted octanol–water partition coefficient (Wildman–Crippen LogP) is 1.88. The zero-order chi connectivity index (χ0) is 15.0. The molecule has 0 bridgehead atoms. The standard InChI is InChI=1S/C15H21N3O2S/c1-17-10-11(9-16-17)13(19)8-12-4-3-7-18(12)14(20)15(21-2)5-6-15/h9-10,12H,3-8H2,1-2H3/t12-/m0/s1. The quantitative estimate of drug-likeness (QED) is 0.779. The number of amides is 1. The summed E-state index contributed by atoms with van der Waals surface area (Å²) in [6.07, 6.45) is 9.67. The molecule has 2 aliphatic rings. The molecule has 0 spiro atoms. The minimum atomic E-state index is -0.181. The van der Waals surface area contributed by atoms with Gasteiger partial charge in [-0.1, -0.05) is 0 Å². The van der Waals surface area contributed by atoms with Crippen molar-refractivity contribution in [2.45, 2.75) is 42.9 Å².